The Kier molecular flexibility index (Phi) is 8.51. The van der Waals surface area contributed by atoms with Crippen LogP contribution in [-0.4, -0.2) is 59.2 Å². The number of aliphatic hydroxyl groups excluding tert-OH is 3. The summed E-state index contributed by atoms with van der Waals surface area (Å²) in [6.45, 7) is 2.66. The average Bonchev–Trinajstić information content (AvgIpc) is 2.46. The first-order valence-electron chi connectivity index (χ1n) is 7.16. The summed E-state index contributed by atoms with van der Waals surface area (Å²) in [5.41, 5.74) is 0. The lowest BCUT2D eigenvalue weighted by Crippen LogP contribution is -2.58. The van der Waals surface area contributed by atoms with Crippen molar-refractivity contribution >= 4 is 0 Å². The van der Waals surface area contributed by atoms with Crippen molar-refractivity contribution in [2.24, 2.45) is 0 Å². The monoisotopic (exact) mass is 296 g/mol. The molecule has 0 saturated carbocycles. The normalized spacial score (nSPS) is 34.4. The second-order valence-electron chi connectivity index (χ2n) is 5.09. The molecule has 0 aromatic heterocycles. The Bertz CT molecular complexity index is 253. The van der Waals surface area contributed by atoms with Crippen LogP contribution in [-0.2, 0) is 14.4 Å². The van der Waals surface area contributed by atoms with Gasteiger partial charge in [0.1, 0.15) is 24.4 Å². The molecule has 1 fully saturated rings. The second kappa shape index (κ2) is 9.59. The van der Waals surface area contributed by atoms with Gasteiger partial charge in [-0.25, -0.2) is 0 Å². The molecule has 0 amide bonds. The Labute approximate surface area is 118 Å². The van der Waals surface area contributed by atoms with E-state index < -0.39 is 30.7 Å². The second-order valence-corrected chi connectivity index (χ2v) is 5.09. The molecule has 6 nitrogen and oxygen atoms in total. The van der Waals surface area contributed by atoms with Crippen LogP contribution in [0.3, 0.4) is 0 Å². The first kappa shape index (κ1) is 17.7. The minimum absolute atomic E-state index is 0.0125. The number of halogens is 1. The van der Waals surface area contributed by atoms with Crippen molar-refractivity contribution in [1.82, 2.24) is 0 Å². The molecule has 1 rings (SSSR count). The Hall–Kier alpha value is -0.310. The SMILES string of the molecule is CCCCCCCOCC1OC(OF)C(O)C(O)C1O. The van der Waals surface area contributed by atoms with Crippen LogP contribution in [0.25, 0.3) is 0 Å². The van der Waals surface area contributed by atoms with Crippen molar-refractivity contribution in [2.75, 3.05) is 13.2 Å². The minimum atomic E-state index is -1.62. The highest BCUT2D eigenvalue weighted by Crippen LogP contribution is 2.22. The maximum Gasteiger partial charge on any atom is 0.225 e. The molecule has 5 atom stereocenters. The Morgan fingerprint density at radius 2 is 1.70 bits per heavy atom. The van der Waals surface area contributed by atoms with Crippen LogP contribution in [0.5, 0.6) is 0 Å². The predicted molar refractivity (Wildman–Crippen MR) is 68.5 cm³/mol. The molecule has 1 saturated heterocycles. The average molecular weight is 296 g/mol. The van der Waals surface area contributed by atoms with Gasteiger partial charge in [0.25, 0.3) is 0 Å². The predicted octanol–water partition coefficient (Wildman–Crippen LogP) is 0.682. The molecule has 0 aromatic rings. The van der Waals surface area contributed by atoms with Crippen LogP contribution >= 0.6 is 0 Å². The van der Waals surface area contributed by atoms with Crippen LogP contribution in [0.4, 0.5) is 4.53 Å². The largest absolute Gasteiger partial charge is 0.387 e. The van der Waals surface area contributed by atoms with E-state index in [1.165, 1.54) is 12.8 Å². The highest BCUT2D eigenvalue weighted by molar-refractivity contribution is 4.88. The molecular weight excluding hydrogens is 271 g/mol. The molecule has 0 radical (unpaired) electrons. The van der Waals surface area contributed by atoms with E-state index in [2.05, 4.69) is 11.9 Å². The van der Waals surface area contributed by atoms with Gasteiger partial charge in [0.2, 0.25) is 6.29 Å². The molecule has 3 N–H and O–H groups in total. The van der Waals surface area contributed by atoms with E-state index in [1.807, 2.05) is 0 Å². The zero-order chi connectivity index (χ0) is 15.0. The summed E-state index contributed by atoms with van der Waals surface area (Å²) in [5.74, 6) is 0. The Morgan fingerprint density at radius 1 is 1.00 bits per heavy atom. The summed E-state index contributed by atoms with van der Waals surface area (Å²) < 4.78 is 22.5. The third kappa shape index (κ3) is 5.23. The van der Waals surface area contributed by atoms with Crippen molar-refractivity contribution in [3.8, 4) is 0 Å². The number of hydrogen-bond acceptors (Lipinski definition) is 6. The quantitative estimate of drug-likeness (QED) is 0.542. The summed E-state index contributed by atoms with van der Waals surface area (Å²) in [4.78, 5) is 3.43. The van der Waals surface area contributed by atoms with Gasteiger partial charge in [-0.1, -0.05) is 32.6 Å². The van der Waals surface area contributed by atoms with Crippen molar-refractivity contribution in [2.45, 2.75) is 69.7 Å². The standard InChI is InChI=1S/C13H25FO6/c1-2-3-4-5-6-7-18-8-9-10(15)11(16)12(17)13(19-9)20-14/h9-13,15-17H,2-8H2,1H3. The number of hydrogen-bond donors (Lipinski definition) is 3. The molecule has 5 unspecified atom stereocenters. The summed E-state index contributed by atoms with van der Waals surface area (Å²) in [5, 5.41) is 28.6. The summed E-state index contributed by atoms with van der Waals surface area (Å²) in [7, 11) is 0. The number of ether oxygens (including phenoxy) is 2. The highest BCUT2D eigenvalue weighted by Gasteiger charge is 2.44. The minimum Gasteiger partial charge on any atom is -0.387 e. The Morgan fingerprint density at radius 3 is 2.35 bits per heavy atom. The van der Waals surface area contributed by atoms with Gasteiger partial charge in [-0.05, 0) is 10.9 Å². The van der Waals surface area contributed by atoms with Gasteiger partial charge in [-0.15, -0.1) is 0 Å². The maximum absolute atomic E-state index is 12.1. The molecule has 0 aromatic carbocycles. The van der Waals surface area contributed by atoms with E-state index in [1.54, 1.807) is 0 Å². The summed E-state index contributed by atoms with van der Waals surface area (Å²) in [6.07, 6.45) is -1.52. The number of aliphatic hydroxyl groups is 3. The van der Waals surface area contributed by atoms with E-state index in [-0.39, 0.29) is 6.61 Å². The number of rotatable bonds is 9. The van der Waals surface area contributed by atoms with Crippen molar-refractivity contribution in [1.29, 1.82) is 0 Å². The lowest BCUT2D eigenvalue weighted by atomic mass is 9.99. The fourth-order valence-corrected chi connectivity index (χ4v) is 2.13. The lowest BCUT2D eigenvalue weighted by Gasteiger charge is -2.38. The lowest BCUT2D eigenvalue weighted by molar-refractivity contribution is -0.362. The van der Waals surface area contributed by atoms with Gasteiger partial charge < -0.3 is 24.8 Å². The highest BCUT2D eigenvalue weighted by atomic mass is 19.3. The van der Waals surface area contributed by atoms with E-state index in [0.717, 1.165) is 19.3 Å². The van der Waals surface area contributed by atoms with Gasteiger partial charge in [0.05, 0.1) is 6.61 Å². The fourth-order valence-electron chi connectivity index (χ4n) is 2.13. The van der Waals surface area contributed by atoms with Crippen molar-refractivity contribution < 1.29 is 34.3 Å². The molecule has 0 bridgehead atoms. The van der Waals surface area contributed by atoms with Gasteiger partial charge in [-0.2, -0.15) is 4.94 Å². The molecule has 0 aliphatic carbocycles. The Balaban J connectivity index is 2.21. The van der Waals surface area contributed by atoms with Crippen LogP contribution in [0.15, 0.2) is 0 Å². The molecule has 120 valence electrons. The third-order valence-electron chi connectivity index (χ3n) is 3.43. The molecule has 1 heterocycles. The van der Waals surface area contributed by atoms with E-state index in [0.29, 0.717) is 6.61 Å². The topological polar surface area (TPSA) is 88.4 Å². The maximum atomic E-state index is 12.1. The van der Waals surface area contributed by atoms with Crippen LogP contribution in [0.2, 0.25) is 0 Å². The van der Waals surface area contributed by atoms with Crippen LogP contribution in [0, 0.1) is 0 Å². The van der Waals surface area contributed by atoms with E-state index in [4.69, 9.17) is 9.47 Å². The van der Waals surface area contributed by atoms with Gasteiger partial charge >= 0.3 is 0 Å². The molecule has 1 aliphatic heterocycles. The van der Waals surface area contributed by atoms with Crippen LogP contribution < -0.4 is 0 Å². The fraction of sp³-hybridized carbons (Fsp3) is 1.00. The summed E-state index contributed by atoms with van der Waals surface area (Å²) >= 11 is 0. The summed E-state index contributed by atoms with van der Waals surface area (Å²) in [6, 6.07) is 0. The van der Waals surface area contributed by atoms with Crippen molar-refractivity contribution in [3.63, 3.8) is 0 Å². The third-order valence-corrected chi connectivity index (χ3v) is 3.43. The van der Waals surface area contributed by atoms with Gasteiger partial charge in [0.15, 0.2) is 0 Å². The van der Waals surface area contributed by atoms with Crippen molar-refractivity contribution in [3.05, 3.63) is 0 Å². The van der Waals surface area contributed by atoms with Gasteiger partial charge in [0, 0.05) is 6.61 Å². The number of unbranched alkanes of at least 4 members (excludes halogenated alkanes) is 4. The molecule has 1 aliphatic rings. The smallest absolute Gasteiger partial charge is 0.225 e. The molecular formula is C13H25FO6. The van der Waals surface area contributed by atoms with Gasteiger partial charge in [-0.3, -0.25) is 0 Å². The molecule has 20 heavy (non-hydrogen) atoms. The zero-order valence-corrected chi connectivity index (χ0v) is 11.8. The van der Waals surface area contributed by atoms with Crippen LogP contribution in [0.1, 0.15) is 39.0 Å². The van der Waals surface area contributed by atoms with E-state index >= 15 is 0 Å². The molecule has 7 heteroatoms. The van der Waals surface area contributed by atoms with E-state index in [9.17, 15) is 19.8 Å². The zero-order valence-electron chi connectivity index (χ0n) is 11.8. The first-order valence-corrected chi connectivity index (χ1v) is 7.16. The molecule has 0 spiro atoms. The first-order chi connectivity index (χ1) is 9.61.